The Morgan fingerprint density at radius 1 is 1.20 bits per heavy atom. The van der Waals surface area contributed by atoms with Crippen LogP contribution in [0.3, 0.4) is 0 Å². The number of benzene rings is 2. The summed E-state index contributed by atoms with van der Waals surface area (Å²) < 4.78 is 40.0. The van der Waals surface area contributed by atoms with Crippen molar-refractivity contribution < 1.29 is 17.7 Å². The summed E-state index contributed by atoms with van der Waals surface area (Å²) >= 11 is 3.40. The monoisotopic (exact) mass is 421 g/mol. The molecule has 5 nitrogen and oxygen atoms in total. The van der Waals surface area contributed by atoms with E-state index in [1.807, 2.05) is 32.0 Å². The van der Waals surface area contributed by atoms with Crippen LogP contribution in [0, 0.1) is 6.92 Å². The number of hydrogen-bond acceptors (Lipinski definition) is 4. The van der Waals surface area contributed by atoms with Crippen LogP contribution in [-0.4, -0.2) is 18.0 Å². The maximum atomic E-state index is 11.8. The summed E-state index contributed by atoms with van der Waals surface area (Å²) in [6.45, 7) is 3.78. The van der Waals surface area contributed by atoms with Crippen molar-refractivity contribution in [3.63, 3.8) is 0 Å². The minimum absolute atomic E-state index is 0.153. The van der Waals surface area contributed by atoms with Gasteiger partial charge in [0.15, 0.2) is 5.75 Å². The summed E-state index contributed by atoms with van der Waals surface area (Å²) in [6.07, 6.45) is 2.16. The van der Waals surface area contributed by atoms with E-state index in [4.69, 9.17) is 4.74 Å². The summed E-state index contributed by atoms with van der Waals surface area (Å²) in [5.41, 5.74) is 2.34. The van der Waals surface area contributed by atoms with Crippen LogP contribution < -0.4 is 4.74 Å². The Kier molecular flexibility index (Phi) is 4.81. The van der Waals surface area contributed by atoms with E-state index in [-0.39, 0.29) is 10.6 Å². The van der Waals surface area contributed by atoms with E-state index in [2.05, 4.69) is 20.9 Å². The average Bonchev–Trinajstić information content (AvgIpc) is 2.54. The van der Waals surface area contributed by atoms with Gasteiger partial charge in [0.25, 0.3) is 10.1 Å². The number of hydrogen-bond donors (Lipinski definition) is 1. The maximum Gasteiger partial charge on any atom is 0.298 e. The first-order valence-electron chi connectivity index (χ1n) is 7.63. The van der Waals surface area contributed by atoms with Gasteiger partial charge in [-0.2, -0.15) is 8.42 Å². The van der Waals surface area contributed by atoms with Gasteiger partial charge in [-0.15, -0.1) is 0 Å². The van der Waals surface area contributed by atoms with Crippen molar-refractivity contribution in [2.45, 2.75) is 25.2 Å². The zero-order valence-corrected chi connectivity index (χ0v) is 16.1. The largest absolute Gasteiger partial charge is 0.455 e. The first kappa shape index (κ1) is 17.8. The van der Waals surface area contributed by atoms with Crippen molar-refractivity contribution in [2.75, 3.05) is 0 Å². The van der Waals surface area contributed by atoms with Crippen LogP contribution in [0.15, 0.2) is 52.0 Å². The average molecular weight is 422 g/mol. The number of aromatic nitrogens is 1. The molecule has 0 unspecified atom stereocenters. The van der Waals surface area contributed by atoms with Crippen molar-refractivity contribution in [2.24, 2.45) is 0 Å². The van der Waals surface area contributed by atoms with Crippen LogP contribution >= 0.6 is 15.9 Å². The van der Waals surface area contributed by atoms with Crippen LogP contribution in [0.1, 0.15) is 18.1 Å². The molecule has 0 spiro atoms. The van der Waals surface area contributed by atoms with Crippen molar-refractivity contribution in [1.29, 1.82) is 0 Å². The molecule has 1 aromatic heterocycles. The first-order chi connectivity index (χ1) is 11.8. The van der Waals surface area contributed by atoms with Gasteiger partial charge in [0, 0.05) is 16.1 Å². The second-order valence-electron chi connectivity index (χ2n) is 5.59. The number of nitrogens with zero attached hydrogens (tertiary/aromatic N) is 1. The highest BCUT2D eigenvalue weighted by Gasteiger charge is 2.22. The summed E-state index contributed by atoms with van der Waals surface area (Å²) in [5.74, 6) is 0.628. The second kappa shape index (κ2) is 6.74. The molecule has 25 heavy (non-hydrogen) atoms. The molecule has 0 atom stereocenters. The highest BCUT2D eigenvalue weighted by molar-refractivity contribution is 9.10. The zero-order chi connectivity index (χ0) is 18.2. The molecular formula is C18H16BrNO4S. The molecular weight excluding hydrogens is 406 g/mol. The predicted molar refractivity (Wildman–Crippen MR) is 99.9 cm³/mol. The lowest BCUT2D eigenvalue weighted by Gasteiger charge is -2.16. The smallest absolute Gasteiger partial charge is 0.298 e. The lowest BCUT2D eigenvalue weighted by Crippen LogP contribution is -2.05. The fourth-order valence-electron chi connectivity index (χ4n) is 2.75. The number of halogens is 1. The molecule has 0 aliphatic carbocycles. The molecule has 0 aliphatic heterocycles. The lowest BCUT2D eigenvalue weighted by molar-refractivity contribution is 0.448. The molecule has 1 N–H and O–H groups in total. The molecule has 1 heterocycles. The molecule has 7 heteroatoms. The van der Waals surface area contributed by atoms with Crippen molar-refractivity contribution in [1.82, 2.24) is 4.98 Å². The van der Waals surface area contributed by atoms with E-state index in [9.17, 15) is 13.0 Å². The van der Waals surface area contributed by atoms with Crippen LogP contribution in [-0.2, 0) is 16.5 Å². The molecule has 130 valence electrons. The molecule has 3 aromatic rings. The summed E-state index contributed by atoms with van der Waals surface area (Å²) in [7, 11) is -4.41. The SMILES string of the molecule is CCc1c(C)ccc(S(=O)(=O)O)c1Oc1ccnc2cc(Br)ccc12. The highest BCUT2D eigenvalue weighted by Crippen LogP contribution is 2.37. The third-order valence-electron chi connectivity index (χ3n) is 3.97. The summed E-state index contributed by atoms with van der Waals surface area (Å²) in [6, 6.07) is 10.2. The minimum atomic E-state index is -4.41. The van der Waals surface area contributed by atoms with E-state index in [0.717, 1.165) is 21.0 Å². The Balaban J connectivity index is 2.23. The zero-order valence-electron chi connectivity index (χ0n) is 13.7. The normalized spacial score (nSPS) is 11.7. The molecule has 2 aromatic carbocycles. The number of rotatable bonds is 4. The fraction of sp³-hybridized carbons (Fsp3) is 0.167. The van der Waals surface area contributed by atoms with Gasteiger partial charge in [-0.1, -0.05) is 28.9 Å². The van der Waals surface area contributed by atoms with E-state index >= 15 is 0 Å². The van der Waals surface area contributed by atoms with E-state index in [1.54, 1.807) is 18.3 Å². The van der Waals surface area contributed by atoms with Gasteiger partial charge in [-0.05, 0) is 54.8 Å². The van der Waals surface area contributed by atoms with E-state index < -0.39 is 10.1 Å². The van der Waals surface area contributed by atoms with Crippen LogP contribution in [0.4, 0.5) is 0 Å². The maximum absolute atomic E-state index is 11.8. The molecule has 0 saturated heterocycles. The lowest BCUT2D eigenvalue weighted by atomic mass is 10.1. The summed E-state index contributed by atoms with van der Waals surface area (Å²) in [4.78, 5) is 4.06. The topological polar surface area (TPSA) is 76.5 Å². The quantitative estimate of drug-likeness (QED) is 0.605. The van der Waals surface area contributed by atoms with E-state index in [1.165, 1.54) is 6.07 Å². The van der Waals surface area contributed by atoms with Gasteiger partial charge in [-0.3, -0.25) is 9.54 Å². The Bertz CT molecular complexity index is 1060. The minimum Gasteiger partial charge on any atom is -0.455 e. The number of ether oxygens (including phenoxy) is 1. The molecule has 0 radical (unpaired) electrons. The Morgan fingerprint density at radius 2 is 1.96 bits per heavy atom. The Morgan fingerprint density at radius 3 is 2.64 bits per heavy atom. The Labute approximate surface area is 154 Å². The highest BCUT2D eigenvalue weighted by atomic mass is 79.9. The number of aryl methyl sites for hydroxylation is 1. The molecule has 0 aliphatic rings. The van der Waals surface area contributed by atoms with Crippen LogP contribution in [0.5, 0.6) is 11.5 Å². The van der Waals surface area contributed by atoms with Gasteiger partial charge in [0.1, 0.15) is 10.6 Å². The van der Waals surface area contributed by atoms with Gasteiger partial charge in [-0.25, -0.2) is 0 Å². The number of pyridine rings is 1. The molecule has 0 saturated carbocycles. The van der Waals surface area contributed by atoms with Gasteiger partial charge >= 0.3 is 0 Å². The van der Waals surface area contributed by atoms with E-state index in [0.29, 0.717) is 17.7 Å². The predicted octanol–water partition coefficient (Wildman–Crippen LogP) is 4.91. The van der Waals surface area contributed by atoms with Gasteiger partial charge in [0.2, 0.25) is 0 Å². The van der Waals surface area contributed by atoms with Crippen molar-refractivity contribution in [3.8, 4) is 11.5 Å². The van der Waals surface area contributed by atoms with Gasteiger partial charge in [0.05, 0.1) is 5.52 Å². The molecule has 3 rings (SSSR count). The first-order valence-corrected chi connectivity index (χ1v) is 9.86. The Hall–Kier alpha value is -1.96. The molecule has 0 fully saturated rings. The standard InChI is InChI=1S/C18H16BrNO4S/c1-3-13-11(2)4-7-17(25(21,22)23)18(13)24-16-8-9-20-15-10-12(19)5-6-14(15)16/h4-10H,3H2,1-2H3,(H,21,22,23). The van der Waals surface area contributed by atoms with Crippen molar-refractivity contribution in [3.05, 3.63) is 58.2 Å². The summed E-state index contributed by atoms with van der Waals surface area (Å²) in [5, 5.41) is 0.746. The fourth-order valence-corrected chi connectivity index (χ4v) is 3.74. The van der Waals surface area contributed by atoms with Crippen molar-refractivity contribution >= 4 is 37.0 Å². The molecule has 0 amide bonds. The van der Waals surface area contributed by atoms with Gasteiger partial charge < -0.3 is 4.74 Å². The van der Waals surface area contributed by atoms with Crippen LogP contribution in [0.2, 0.25) is 0 Å². The third-order valence-corrected chi connectivity index (χ3v) is 5.34. The number of fused-ring (bicyclic) bond motifs is 1. The third kappa shape index (κ3) is 3.53. The second-order valence-corrected chi connectivity index (χ2v) is 7.90. The van der Waals surface area contributed by atoms with Crippen LogP contribution in [0.25, 0.3) is 10.9 Å². The molecule has 0 bridgehead atoms.